The highest BCUT2D eigenvalue weighted by Gasteiger charge is 2.23. The normalized spacial score (nSPS) is 11.1. The molecule has 30 heavy (non-hydrogen) atoms. The fourth-order valence-corrected chi connectivity index (χ4v) is 4.04. The van der Waals surface area contributed by atoms with Gasteiger partial charge in [-0.3, -0.25) is 14.6 Å². The second-order valence-electron chi connectivity index (χ2n) is 6.37. The standard InChI is InChI=1S/C19H20N8O2S/c1-27-15(19(29)25-9-12-3-2-10(8-24-12)17(23)28)13(7-21)16-18(27)26-14(30-16)6-11(22)4-5-20/h2-5,7-8,21-22H,6,9,20H2,1H3,(H2,23,28)(H,25,29)/b5-4-,21-7?,22-11?. The second kappa shape index (κ2) is 8.66. The van der Waals surface area contributed by atoms with Crippen LogP contribution in [0.25, 0.3) is 10.3 Å². The number of aromatic nitrogens is 3. The van der Waals surface area contributed by atoms with Crippen LogP contribution < -0.4 is 16.8 Å². The number of allylic oxidation sites excluding steroid dienone is 1. The lowest BCUT2D eigenvalue weighted by Gasteiger charge is -2.08. The van der Waals surface area contributed by atoms with Crippen molar-refractivity contribution in [3.05, 3.63) is 58.1 Å². The number of fused-ring (bicyclic) bond motifs is 1. The highest BCUT2D eigenvalue weighted by Crippen LogP contribution is 2.30. The summed E-state index contributed by atoms with van der Waals surface area (Å²) in [5.74, 6) is -0.944. The van der Waals surface area contributed by atoms with Gasteiger partial charge in [-0.1, -0.05) is 0 Å². The number of carbonyl (C=O) groups is 2. The lowest BCUT2D eigenvalue weighted by molar-refractivity contribution is 0.0941. The molecule has 0 bridgehead atoms. The van der Waals surface area contributed by atoms with Crippen LogP contribution in [0.1, 0.15) is 37.1 Å². The van der Waals surface area contributed by atoms with Crippen molar-refractivity contribution in [3.63, 3.8) is 0 Å². The summed E-state index contributed by atoms with van der Waals surface area (Å²) in [5.41, 5.74) is 13.0. The van der Waals surface area contributed by atoms with E-state index in [1.807, 2.05) is 0 Å². The first kappa shape index (κ1) is 20.9. The molecule has 0 atom stereocenters. The van der Waals surface area contributed by atoms with Crippen LogP contribution in [0.15, 0.2) is 30.6 Å². The molecule has 0 fully saturated rings. The predicted octanol–water partition coefficient (Wildman–Crippen LogP) is 1.09. The Morgan fingerprint density at radius 3 is 2.73 bits per heavy atom. The van der Waals surface area contributed by atoms with Gasteiger partial charge < -0.3 is 32.2 Å². The van der Waals surface area contributed by atoms with Crippen molar-refractivity contribution in [1.82, 2.24) is 19.9 Å². The molecule has 0 unspecified atom stereocenters. The summed E-state index contributed by atoms with van der Waals surface area (Å²) in [7, 11) is 1.71. The van der Waals surface area contributed by atoms with Crippen LogP contribution in [0.2, 0.25) is 0 Å². The third-order valence-electron chi connectivity index (χ3n) is 4.34. The van der Waals surface area contributed by atoms with Crippen molar-refractivity contribution in [2.24, 2.45) is 18.5 Å². The average molecular weight is 424 g/mol. The van der Waals surface area contributed by atoms with Crippen LogP contribution in [0.4, 0.5) is 0 Å². The van der Waals surface area contributed by atoms with Gasteiger partial charge in [0.05, 0.1) is 22.5 Å². The van der Waals surface area contributed by atoms with E-state index in [1.54, 1.807) is 23.7 Å². The van der Waals surface area contributed by atoms with E-state index in [1.165, 1.54) is 29.8 Å². The lowest BCUT2D eigenvalue weighted by atomic mass is 10.2. The van der Waals surface area contributed by atoms with E-state index in [-0.39, 0.29) is 18.0 Å². The molecule has 10 nitrogen and oxygen atoms in total. The Morgan fingerprint density at radius 1 is 1.37 bits per heavy atom. The summed E-state index contributed by atoms with van der Waals surface area (Å²) in [5, 5.41) is 19.1. The van der Waals surface area contributed by atoms with Crippen LogP contribution in [0.5, 0.6) is 0 Å². The minimum absolute atomic E-state index is 0.148. The van der Waals surface area contributed by atoms with Gasteiger partial charge in [0.1, 0.15) is 10.7 Å². The summed E-state index contributed by atoms with van der Waals surface area (Å²) in [4.78, 5) is 32.5. The summed E-state index contributed by atoms with van der Waals surface area (Å²) < 4.78 is 2.35. The summed E-state index contributed by atoms with van der Waals surface area (Å²) in [6, 6.07) is 3.15. The molecular formula is C19H20N8O2S. The Labute approximate surface area is 175 Å². The van der Waals surface area contributed by atoms with Crippen LogP contribution in [0.3, 0.4) is 0 Å². The van der Waals surface area contributed by atoms with Gasteiger partial charge in [0.2, 0.25) is 5.91 Å². The van der Waals surface area contributed by atoms with E-state index < -0.39 is 5.91 Å². The van der Waals surface area contributed by atoms with Crippen LogP contribution in [-0.4, -0.2) is 38.3 Å². The van der Waals surface area contributed by atoms with Crippen molar-refractivity contribution in [2.75, 3.05) is 0 Å². The minimum Gasteiger partial charge on any atom is -0.405 e. The minimum atomic E-state index is -0.571. The smallest absolute Gasteiger partial charge is 0.269 e. The Balaban J connectivity index is 1.82. The van der Waals surface area contributed by atoms with Gasteiger partial charge in [-0.25, -0.2) is 4.98 Å². The first-order valence-electron chi connectivity index (χ1n) is 8.82. The second-order valence-corrected chi connectivity index (χ2v) is 7.46. The first-order chi connectivity index (χ1) is 14.3. The van der Waals surface area contributed by atoms with Crippen LogP contribution in [-0.2, 0) is 20.0 Å². The zero-order chi connectivity index (χ0) is 21.8. The molecule has 0 aliphatic heterocycles. The lowest BCUT2D eigenvalue weighted by Crippen LogP contribution is -2.26. The maximum atomic E-state index is 12.8. The van der Waals surface area contributed by atoms with Crippen molar-refractivity contribution in [1.29, 1.82) is 10.8 Å². The number of hydrogen-bond donors (Lipinski definition) is 5. The van der Waals surface area contributed by atoms with Crippen LogP contribution >= 0.6 is 11.3 Å². The molecule has 0 aromatic carbocycles. The molecule has 0 radical (unpaired) electrons. The number of aryl methyl sites for hydroxylation is 1. The number of nitrogens with zero attached hydrogens (tertiary/aromatic N) is 3. The molecule has 7 N–H and O–H groups in total. The van der Waals surface area contributed by atoms with E-state index in [0.29, 0.717) is 44.4 Å². The molecule has 0 saturated carbocycles. The van der Waals surface area contributed by atoms with Crippen molar-refractivity contribution in [3.8, 4) is 0 Å². The monoisotopic (exact) mass is 424 g/mol. The Kier molecular flexibility index (Phi) is 6.02. The third-order valence-corrected chi connectivity index (χ3v) is 5.42. The fourth-order valence-electron chi connectivity index (χ4n) is 2.90. The van der Waals surface area contributed by atoms with E-state index in [4.69, 9.17) is 22.3 Å². The Bertz CT molecular complexity index is 1170. The van der Waals surface area contributed by atoms with E-state index in [0.717, 1.165) is 6.21 Å². The average Bonchev–Trinajstić information content (AvgIpc) is 3.23. The van der Waals surface area contributed by atoms with Gasteiger partial charge in [0, 0.05) is 37.2 Å². The molecule has 0 saturated heterocycles. The van der Waals surface area contributed by atoms with E-state index >= 15 is 0 Å². The summed E-state index contributed by atoms with van der Waals surface area (Å²) in [6.45, 7) is 0.148. The SMILES string of the molecule is Cn1c(C(=O)NCc2ccc(C(N)=O)cn2)c(C=N)c2sc(CC(=N)/C=C\N)nc21. The molecule has 0 aliphatic carbocycles. The predicted molar refractivity (Wildman–Crippen MR) is 115 cm³/mol. The number of rotatable bonds is 8. The quantitative estimate of drug-likeness (QED) is 0.339. The summed E-state index contributed by atoms with van der Waals surface area (Å²) in [6.07, 6.45) is 5.60. The summed E-state index contributed by atoms with van der Waals surface area (Å²) >= 11 is 1.34. The zero-order valence-electron chi connectivity index (χ0n) is 16.1. The Morgan fingerprint density at radius 2 is 2.13 bits per heavy atom. The van der Waals surface area contributed by atoms with Gasteiger partial charge in [0.25, 0.3) is 5.91 Å². The highest BCUT2D eigenvalue weighted by molar-refractivity contribution is 7.19. The number of thiazole rings is 1. The molecule has 0 spiro atoms. The molecule has 3 aromatic heterocycles. The maximum absolute atomic E-state index is 12.8. The number of carbonyl (C=O) groups excluding carboxylic acids is 2. The van der Waals surface area contributed by atoms with Crippen molar-refractivity contribution in [2.45, 2.75) is 13.0 Å². The van der Waals surface area contributed by atoms with Gasteiger partial charge in [-0.05, 0) is 24.4 Å². The van der Waals surface area contributed by atoms with Crippen LogP contribution in [0, 0.1) is 10.8 Å². The molecule has 2 amide bonds. The number of amides is 2. The van der Waals surface area contributed by atoms with E-state index in [2.05, 4.69) is 15.3 Å². The molecular weight excluding hydrogens is 404 g/mol. The van der Waals surface area contributed by atoms with Gasteiger partial charge in [0.15, 0.2) is 5.65 Å². The molecule has 3 aromatic rings. The molecule has 154 valence electrons. The number of pyridine rings is 1. The third kappa shape index (κ3) is 4.10. The highest BCUT2D eigenvalue weighted by atomic mass is 32.1. The molecule has 3 heterocycles. The topological polar surface area (TPSA) is 177 Å². The maximum Gasteiger partial charge on any atom is 0.269 e. The number of hydrogen-bond acceptors (Lipinski definition) is 8. The molecule has 11 heteroatoms. The van der Waals surface area contributed by atoms with Crippen molar-refractivity contribution < 1.29 is 9.59 Å². The van der Waals surface area contributed by atoms with Gasteiger partial charge in [-0.2, -0.15) is 0 Å². The van der Waals surface area contributed by atoms with Crippen molar-refractivity contribution >= 4 is 45.4 Å². The zero-order valence-corrected chi connectivity index (χ0v) is 16.9. The number of primary amides is 1. The molecule has 0 aliphatic rings. The largest absolute Gasteiger partial charge is 0.405 e. The van der Waals surface area contributed by atoms with E-state index in [9.17, 15) is 9.59 Å². The fraction of sp³-hybridized carbons (Fsp3) is 0.158. The van der Waals surface area contributed by atoms with Gasteiger partial charge >= 0.3 is 0 Å². The number of nitrogens with two attached hydrogens (primary N) is 2. The molecule has 3 rings (SSSR count). The Hall–Kier alpha value is -3.86. The number of nitrogens with one attached hydrogen (secondary N) is 3. The van der Waals surface area contributed by atoms with Gasteiger partial charge in [-0.15, -0.1) is 11.3 Å². The first-order valence-corrected chi connectivity index (χ1v) is 9.64.